The summed E-state index contributed by atoms with van der Waals surface area (Å²) in [7, 11) is -3.54. The summed E-state index contributed by atoms with van der Waals surface area (Å²) in [6.45, 7) is 2.15. The van der Waals surface area contributed by atoms with Crippen molar-refractivity contribution in [2.24, 2.45) is 0 Å². The predicted octanol–water partition coefficient (Wildman–Crippen LogP) is 4.54. The van der Waals surface area contributed by atoms with Crippen LogP contribution < -0.4 is 4.72 Å². The number of aryl methyl sites for hydroxylation is 1. The molecule has 0 amide bonds. The molecule has 20 heavy (non-hydrogen) atoms. The maximum Gasteiger partial charge on any atom is 0.271 e. The highest BCUT2D eigenvalue weighted by Gasteiger charge is 2.16. The molecule has 1 aromatic heterocycles. The van der Waals surface area contributed by atoms with E-state index >= 15 is 0 Å². The third-order valence-corrected chi connectivity index (χ3v) is 5.94. The topological polar surface area (TPSA) is 46.2 Å². The Bertz CT molecular complexity index is 663. The minimum Gasteiger partial charge on any atom is -0.279 e. The second-order valence-electron chi connectivity index (χ2n) is 4.46. The lowest BCUT2D eigenvalue weighted by Crippen LogP contribution is -2.11. The minimum atomic E-state index is -3.54. The van der Waals surface area contributed by atoms with Crippen molar-refractivity contribution in [3.63, 3.8) is 0 Å². The van der Waals surface area contributed by atoms with Crippen LogP contribution in [0.5, 0.6) is 0 Å². The van der Waals surface area contributed by atoms with Crippen molar-refractivity contribution in [1.29, 1.82) is 0 Å². The summed E-state index contributed by atoms with van der Waals surface area (Å²) in [6, 6.07) is 10.6. The highest BCUT2D eigenvalue weighted by atomic mass is 35.5. The van der Waals surface area contributed by atoms with Crippen LogP contribution in [0.4, 0.5) is 5.69 Å². The van der Waals surface area contributed by atoms with Crippen LogP contribution in [0.2, 0.25) is 4.34 Å². The molecule has 2 aromatic rings. The van der Waals surface area contributed by atoms with Crippen LogP contribution in [0, 0.1) is 0 Å². The number of halogens is 1. The second-order valence-corrected chi connectivity index (χ2v) is 8.09. The lowest BCUT2D eigenvalue weighted by atomic mass is 10.1. The van der Waals surface area contributed by atoms with E-state index in [1.807, 2.05) is 12.1 Å². The number of unbranched alkanes of at least 4 members (excludes halogenated alkanes) is 1. The minimum absolute atomic E-state index is 0.220. The van der Waals surface area contributed by atoms with Crippen LogP contribution in [0.15, 0.2) is 40.6 Å². The lowest BCUT2D eigenvalue weighted by molar-refractivity contribution is 0.603. The molecule has 0 saturated carbocycles. The normalized spacial score (nSPS) is 11.5. The monoisotopic (exact) mass is 329 g/mol. The molecule has 1 N–H and O–H groups in total. The standard InChI is InChI=1S/C14H16ClNO2S2/c1-2-3-4-11-5-7-12(8-6-11)16-20(17,18)14-10-9-13(15)19-14/h5-10,16H,2-4H2,1H3. The van der Waals surface area contributed by atoms with Gasteiger partial charge in [0.1, 0.15) is 4.21 Å². The molecule has 2 rings (SSSR count). The molecule has 0 fully saturated rings. The summed E-state index contributed by atoms with van der Waals surface area (Å²) < 4.78 is 27.5. The maximum atomic E-state index is 12.1. The smallest absolute Gasteiger partial charge is 0.271 e. The van der Waals surface area contributed by atoms with Crippen molar-refractivity contribution in [3.8, 4) is 0 Å². The van der Waals surface area contributed by atoms with E-state index in [1.54, 1.807) is 18.2 Å². The van der Waals surface area contributed by atoms with E-state index in [9.17, 15) is 8.42 Å². The number of thiophene rings is 1. The van der Waals surface area contributed by atoms with Gasteiger partial charge in [-0.25, -0.2) is 8.42 Å². The fourth-order valence-corrected chi connectivity index (χ4v) is 4.31. The second kappa shape index (κ2) is 6.61. The van der Waals surface area contributed by atoms with Gasteiger partial charge in [-0.1, -0.05) is 37.1 Å². The van der Waals surface area contributed by atoms with Crippen LogP contribution in [0.1, 0.15) is 25.3 Å². The average molecular weight is 330 g/mol. The Morgan fingerprint density at radius 3 is 2.40 bits per heavy atom. The first-order chi connectivity index (χ1) is 9.51. The quantitative estimate of drug-likeness (QED) is 0.845. The molecule has 0 saturated heterocycles. The molecular formula is C14H16ClNO2S2. The first kappa shape index (κ1) is 15.4. The fraction of sp³-hybridized carbons (Fsp3) is 0.286. The Morgan fingerprint density at radius 2 is 1.85 bits per heavy atom. The number of nitrogens with one attached hydrogen (secondary N) is 1. The summed E-state index contributed by atoms with van der Waals surface area (Å²) in [5.41, 5.74) is 1.78. The number of benzene rings is 1. The summed E-state index contributed by atoms with van der Waals surface area (Å²) in [5, 5.41) is 0. The van der Waals surface area contributed by atoms with Crippen LogP contribution in [-0.4, -0.2) is 8.42 Å². The van der Waals surface area contributed by atoms with Gasteiger partial charge in [0.2, 0.25) is 0 Å². The Balaban J connectivity index is 2.09. The first-order valence-electron chi connectivity index (χ1n) is 6.38. The van der Waals surface area contributed by atoms with Gasteiger partial charge in [-0.3, -0.25) is 4.72 Å². The zero-order chi connectivity index (χ0) is 14.6. The van der Waals surface area contributed by atoms with E-state index in [0.29, 0.717) is 10.0 Å². The van der Waals surface area contributed by atoms with E-state index in [4.69, 9.17) is 11.6 Å². The number of anilines is 1. The third kappa shape index (κ3) is 3.98. The molecule has 6 heteroatoms. The predicted molar refractivity (Wildman–Crippen MR) is 85.2 cm³/mol. The molecule has 0 spiro atoms. The molecule has 1 heterocycles. The van der Waals surface area contributed by atoms with Crippen molar-refractivity contribution in [2.45, 2.75) is 30.4 Å². The molecular weight excluding hydrogens is 314 g/mol. The zero-order valence-electron chi connectivity index (χ0n) is 11.1. The maximum absolute atomic E-state index is 12.1. The zero-order valence-corrected chi connectivity index (χ0v) is 13.5. The van der Waals surface area contributed by atoms with Gasteiger partial charge in [-0.2, -0.15) is 0 Å². The van der Waals surface area contributed by atoms with Gasteiger partial charge in [0.05, 0.1) is 4.34 Å². The lowest BCUT2D eigenvalue weighted by Gasteiger charge is -2.07. The Morgan fingerprint density at radius 1 is 1.15 bits per heavy atom. The first-order valence-corrected chi connectivity index (χ1v) is 9.06. The van der Waals surface area contributed by atoms with Gasteiger partial charge in [0.15, 0.2) is 0 Å². The SMILES string of the molecule is CCCCc1ccc(NS(=O)(=O)c2ccc(Cl)s2)cc1. The van der Waals surface area contributed by atoms with Crippen molar-refractivity contribution >= 4 is 38.6 Å². The molecule has 0 unspecified atom stereocenters. The van der Waals surface area contributed by atoms with Gasteiger partial charge in [0.25, 0.3) is 10.0 Å². The number of hydrogen-bond acceptors (Lipinski definition) is 3. The molecule has 3 nitrogen and oxygen atoms in total. The van der Waals surface area contributed by atoms with Crippen molar-refractivity contribution in [3.05, 3.63) is 46.3 Å². The highest BCUT2D eigenvalue weighted by Crippen LogP contribution is 2.27. The number of sulfonamides is 1. The molecule has 0 bridgehead atoms. The van der Waals surface area contributed by atoms with Crippen LogP contribution >= 0.6 is 22.9 Å². The van der Waals surface area contributed by atoms with Gasteiger partial charge < -0.3 is 0 Å². The van der Waals surface area contributed by atoms with Crippen LogP contribution in [-0.2, 0) is 16.4 Å². The van der Waals surface area contributed by atoms with E-state index in [0.717, 1.165) is 30.6 Å². The molecule has 1 aromatic carbocycles. The van der Waals surface area contributed by atoms with E-state index < -0.39 is 10.0 Å². The average Bonchev–Trinajstić information content (AvgIpc) is 2.85. The largest absolute Gasteiger partial charge is 0.279 e. The number of rotatable bonds is 6. The van der Waals surface area contributed by atoms with Crippen molar-refractivity contribution < 1.29 is 8.42 Å². The molecule has 0 aliphatic heterocycles. The Kier molecular flexibility index (Phi) is 5.07. The molecule has 0 aliphatic rings. The fourth-order valence-electron chi connectivity index (χ4n) is 1.77. The molecule has 108 valence electrons. The van der Waals surface area contributed by atoms with Gasteiger partial charge in [-0.05, 0) is 42.7 Å². The molecule has 0 aliphatic carbocycles. The van der Waals surface area contributed by atoms with Crippen molar-refractivity contribution in [1.82, 2.24) is 0 Å². The summed E-state index contributed by atoms with van der Waals surface area (Å²) in [6.07, 6.45) is 3.30. The Hall–Kier alpha value is -1.04. The summed E-state index contributed by atoms with van der Waals surface area (Å²) in [4.78, 5) is 0. The van der Waals surface area contributed by atoms with Gasteiger partial charge >= 0.3 is 0 Å². The van der Waals surface area contributed by atoms with Crippen LogP contribution in [0.3, 0.4) is 0 Å². The van der Waals surface area contributed by atoms with E-state index in [2.05, 4.69) is 11.6 Å². The van der Waals surface area contributed by atoms with Crippen molar-refractivity contribution in [2.75, 3.05) is 4.72 Å². The molecule has 0 atom stereocenters. The van der Waals surface area contributed by atoms with Gasteiger partial charge in [-0.15, -0.1) is 11.3 Å². The van der Waals surface area contributed by atoms with E-state index in [1.165, 1.54) is 11.6 Å². The highest BCUT2D eigenvalue weighted by molar-refractivity contribution is 7.94. The third-order valence-electron chi connectivity index (χ3n) is 2.84. The van der Waals surface area contributed by atoms with Crippen LogP contribution in [0.25, 0.3) is 0 Å². The summed E-state index contributed by atoms with van der Waals surface area (Å²) >= 11 is 6.81. The summed E-state index contributed by atoms with van der Waals surface area (Å²) in [5.74, 6) is 0. The number of hydrogen-bond donors (Lipinski definition) is 1. The van der Waals surface area contributed by atoms with Gasteiger partial charge in [0, 0.05) is 5.69 Å². The Labute approximate surface area is 128 Å². The molecule has 0 radical (unpaired) electrons. The van der Waals surface area contributed by atoms with E-state index in [-0.39, 0.29) is 4.21 Å².